The first-order valence-electron chi connectivity index (χ1n) is 17.4. The van der Waals surface area contributed by atoms with Crippen molar-refractivity contribution in [3.8, 4) is 28.7 Å². The van der Waals surface area contributed by atoms with E-state index >= 15 is 0 Å². The number of rotatable bonds is 3. The maximum Gasteiger partial charge on any atom is 0.238 e. The summed E-state index contributed by atoms with van der Waals surface area (Å²) in [5.41, 5.74) is 3.18. The summed E-state index contributed by atoms with van der Waals surface area (Å²) < 4.78 is 62.5. The maximum absolute atomic E-state index is 9.00. The van der Waals surface area contributed by atoms with Crippen LogP contribution < -0.4 is 0 Å². The summed E-state index contributed by atoms with van der Waals surface area (Å²) >= 11 is 1.67. The van der Waals surface area contributed by atoms with Crippen LogP contribution in [0.1, 0.15) is 8.22 Å². The molecular weight excluding hydrogens is 573 g/mol. The van der Waals surface area contributed by atoms with Gasteiger partial charge in [0.25, 0.3) is 0 Å². The monoisotopic (exact) mass is 600 g/mol. The summed E-state index contributed by atoms with van der Waals surface area (Å²) in [5, 5.41) is 4.24. The number of benzene rings is 6. The van der Waals surface area contributed by atoms with Crippen LogP contribution >= 0.6 is 11.3 Å². The summed E-state index contributed by atoms with van der Waals surface area (Å²) in [5.74, 6) is 0.745. The standard InChI is InChI=1S/C39H22N4OS/c1-5-15-30-24(10-1)25-11-2-6-16-31(25)43(30)39-41-37(23-20-21-27-26-12-3-7-17-32(26)44-33(27)22-23)40-38(42-39)29-14-9-19-35-36(29)28-13-4-8-18-34(28)45-35/h1-22H/i1D,2D,10D,11D,15D,16D. The molecule has 0 saturated heterocycles. The number of hydrogen-bond acceptors (Lipinski definition) is 5. The minimum absolute atomic E-state index is 0.0764. The lowest BCUT2D eigenvalue weighted by Crippen LogP contribution is -2.06. The van der Waals surface area contributed by atoms with Crippen LogP contribution in [-0.2, 0) is 0 Å². The van der Waals surface area contributed by atoms with Gasteiger partial charge in [0.2, 0.25) is 5.95 Å². The van der Waals surface area contributed by atoms with Gasteiger partial charge in [0.05, 0.1) is 19.3 Å². The molecule has 0 aliphatic heterocycles. The second-order valence-corrected chi connectivity index (χ2v) is 11.9. The molecule has 45 heavy (non-hydrogen) atoms. The number of aromatic nitrogens is 4. The first kappa shape index (κ1) is 19.4. The second kappa shape index (κ2) is 9.32. The molecule has 0 radical (unpaired) electrons. The summed E-state index contributed by atoms with van der Waals surface area (Å²) in [4.78, 5) is 15.0. The van der Waals surface area contributed by atoms with Crippen LogP contribution in [0, 0.1) is 0 Å². The van der Waals surface area contributed by atoms with Crippen molar-refractivity contribution in [3.63, 3.8) is 0 Å². The van der Waals surface area contributed by atoms with E-state index in [0.717, 1.165) is 42.1 Å². The molecular formula is C39H22N4OS. The highest BCUT2D eigenvalue weighted by molar-refractivity contribution is 7.25. The van der Waals surface area contributed by atoms with Crippen molar-refractivity contribution in [2.24, 2.45) is 0 Å². The van der Waals surface area contributed by atoms with E-state index in [1.807, 2.05) is 66.7 Å². The Labute approximate surface area is 269 Å². The van der Waals surface area contributed by atoms with Crippen LogP contribution in [0.15, 0.2) is 138 Å². The molecule has 210 valence electrons. The third kappa shape index (κ3) is 3.63. The highest BCUT2D eigenvalue weighted by atomic mass is 32.1. The molecule has 0 aliphatic carbocycles. The lowest BCUT2D eigenvalue weighted by Gasteiger charge is -2.11. The van der Waals surface area contributed by atoms with Crippen LogP contribution in [0.5, 0.6) is 0 Å². The van der Waals surface area contributed by atoms with Crippen LogP contribution in [0.2, 0.25) is 0 Å². The SMILES string of the molecule is [2H]c1cc([2H])c2c(c1[2H])c1c([2H])c([2H])cc([2H])c1n2-c1nc(-c2ccc3c(c2)oc2ccccc23)nc(-c2cccc3sc4ccccc4c23)n1. The largest absolute Gasteiger partial charge is 0.456 e. The van der Waals surface area contributed by atoms with Gasteiger partial charge in [0, 0.05) is 52.8 Å². The number of para-hydroxylation sites is 3. The number of hydrogen-bond donors (Lipinski definition) is 0. The second-order valence-electron chi connectivity index (χ2n) is 10.8. The molecule has 5 nitrogen and oxygen atoms in total. The van der Waals surface area contributed by atoms with E-state index < -0.39 is 0 Å². The van der Waals surface area contributed by atoms with Gasteiger partial charge in [-0.05, 0) is 42.4 Å². The van der Waals surface area contributed by atoms with Crippen molar-refractivity contribution in [1.82, 2.24) is 19.5 Å². The smallest absolute Gasteiger partial charge is 0.238 e. The molecule has 0 unspecified atom stereocenters. The van der Waals surface area contributed by atoms with Crippen LogP contribution in [0.25, 0.3) is 92.6 Å². The van der Waals surface area contributed by atoms with Gasteiger partial charge in [-0.2, -0.15) is 9.97 Å². The van der Waals surface area contributed by atoms with Gasteiger partial charge < -0.3 is 4.42 Å². The Bertz CT molecular complexity index is 3060. The van der Waals surface area contributed by atoms with Crippen molar-refractivity contribution in [2.75, 3.05) is 0 Å². The molecule has 0 N–H and O–H groups in total. The maximum atomic E-state index is 9.00. The highest BCUT2D eigenvalue weighted by Crippen LogP contribution is 2.40. The van der Waals surface area contributed by atoms with E-state index in [0.29, 0.717) is 22.8 Å². The van der Waals surface area contributed by atoms with E-state index in [4.69, 9.17) is 27.6 Å². The van der Waals surface area contributed by atoms with Gasteiger partial charge in [0.15, 0.2) is 11.6 Å². The summed E-state index contributed by atoms with van der Waals surface area (Å²) in [6, 6.07) is 29.3. The van der Waals surface area contributed by atoms with Gasteiger partial charge in [-0.15, -0.1) is 11.3 Å². The molecule has 0 fully saturated rings. The number of nitrogens with zero attached hydrogens (tertiary/aromatic N) is 4. The molecule has 6 heteroatoms. The molecule has 0 bridgehead atoms. The first-order chi connectivity index (χ1) is 24.8. The topological polar surface area (TPSA) is 56.7 Å². The van der Waals surface area contributed by atoms with E-state index in [-0.39, 0.29) is 64.0 Å². The average molecular weight is 601 g/mol. The van der Waals surface area contributed by atoms with Gasteiger partial charge in [-0.1, -0.05) is 90.9 Å². The normalized spacial score (nSPS) is 13.9. The molecule has 4 aromatic heterocycles. The molecule has 10 rings (SSSR count). The van der Waals surface area contributed by atoms with Gasteiger partial charge in [-0.25, -0.2) is 4.98 Å². The Morgan fingerprint density at radius 2 is 1.29 bits per heavy atom. The van der Waals surface area contributed by atoms with Gasteiger partial charge in [0.1, 0.15) is 11.2 Å². The lowest BCUT2D eigenvalue weighted by molar-refractivity contribution is 0.669. The molecule has 0 saturated carbocycles. The fraction of sp³-hybridized carbons (Fsp3) is 0. The number of furan rings is 1. The van der Waals surface area contributed by atoms with Crippen molar-refractivity contribution >= 4 is 75.3 Å². The Kier molecular flexibility index (Phi) is 4.03. The Morgan fingerprint density at radius 3 is 2.13 bits per heavy atom. The third-order valence-electron chi connectivity index (χ3n) is 8.23. The summed E-state index contributed by atoms with van der Waals surface area (Å²) in [7, 11) is 0. The van der Waals surface area contributed by atoms with Crippen LogP contribution in [-0.4, -0.2) is 19.5 Å². The molecule has 4 heterocycles. The Balaban J connectivity index is 1.34. The minimum atomic E-state index is -0.206. The predicted octanol–water partition coefficient (Wildman–Crippen LogP) is 10.6. The zero-order valence-corrected chi connectivity index (χ0v) is 24.2. The van der Waals surface area contributed by atoms with Crippen molar-refractivity contribution in [2.45, 2.75) is 0 Å². The third-order valence-corrected chi connectivity index (χ3v) is 9.37. The van der Waals surface area contributed by atoms with E-state index in [1.54, 1.807) is 11.3 Å². The fourth-order valence-electron chi connectivity index (χ4n) is 6.25. The average Bonchev–Trinajstić information content (AvgIpc) is 3.83. The van der Waals surface area contributed by atoms with E-state index in [9.17, 15) is 0 Å². The Morgan fingerprint density at radius 1 is 0.578 bits per heavy atom. The van der Waals surface area contributed by atoms with Gasteiger partial charge >= 0.3 is 0 Å². The number of thiophene rings is 1. The van der Waals surface area contributed by atoms with Crippen molar-refractivity contribution < 1.29 is 12.6 Å². The zero-order chi connectivity index (χ0) is 34.7. The van der Waals surface area contributed by atoms with Crippen molar-refractivity contribution in [3.05, 3.63) is 133 Å². The van der Waals surface area contributed by atoms with Gasteiger partial charge in [-0.3, -0.25) is 4.57 Å². The summed E-state index contributed by atoms with van der Waals surface area (Å²) in [6.07, 6.45) is 0. The lowest BCUT2D eigenvalue weighted by atomic mass is 10.1. The quantitative estimate of drug-likeness (QED) is 0.202. The first-order valence-corrected chi connectivity index (χ1v) is 15.2. The highest BCUT2D eigenvalue weighted by Gasteiger charge is 2.20. The molecule has 0 aliphatic rings. The summed E-state index contributed by atoms with van der Waals surface area (Å²) in [6.45, 7) is 0. The molecule has 10 aromatic rings. The Hall–Kier alpha value is -5.85. The van der Waals surface area contributed by atoms with Crippen LogP contribution in [0.3, 0.4) is 0 Å². The molecule has 6 aromatic carbocycles. The van der Waals surface area contributed by atoms with E-state index in [1.165, 1.54) is 16.7 Å². The predicted molar refractivity (Wildman–Crippen MR) is 185 cm³/mol. The minimum Gasteiger partial charge on any atom is -0.456 e. The van der Waals surface area contributed by atoms with Crippen molar-refractivity contribution in [1.29, 1.82) is 0 Å². The fourth-order valence-corrected chi connectivity index (χ4v) is 7.39. The zero-order valence-electron chi connectivity index (χ0n) is 29.3. The molecule has 0 amide bonds. The molecule has 0 atom stereocenters. The van der Waals surface area contributed by atoms with Crippen LogP contribution in [0.4, 0.5) is 0 Å². The number of fused-ring (bicyclic) bond motifs is 9. The van der Waals surface area contributed by atoms with E-state index in [2.05, 4.69) is 18.2 Å². The molecule has 0 spiro atoms.